The van der Waals surface area contributed by atoms with Gasteiger partial charge in [0.25, 0.3) is 0 Å². The van der Waals surface area contributed by atoms with E-state index in [2.05, 4.69) is 10.2 Å². The Kier molecular flexibility index (Phi) is 7.87. The van der Waals surface area contributed by atoms with Crippen molar-refractivity contribution in [1.29, 1.82) is 0 Å². The molecule has 0 atom stereocenters. The lowest BCUT2D eigenvalue weighted by molar-refractivity contribution is 0.287. The van der Waals surface area contributed by atoms with E-state index in [1.54, 1.807) is 25.2 Å². The molecule has 0 saturated carbocycles. The van der Waals surface area contributed by atoms with E-state index >= 15 is 0 Å². The van der Waals surface area contributed by atoms with E-state index in [1.165, 1.54) is 28.6 Å². The molecule has 7 nitrogen and oxygen atoms in total. The number of benzene rings is 2. The van der Waals surface area contributed by atoms with E-state index in [9.17, 15) is 12.8 Å². The Morgan fingerprint density at radius 2 is 1.78 bits per heavy atom. The molecule has 1 heterocycles. The average molecular weight is 462 g/mol. The first kappa shape index (κ1) is 23.7. The first-order valence-corrected chi connectivity index (χ1v) is 11.9. The van der Waals surface area contributed by atoms with Gasteiger partial charge in [0.05, 0.1) is 23.8 Å². The Labute approximate surface area is 188 Å². The number of aromatic amines is 1. The Bertz CT molecular complexity index is 1150. The van der Waals surface area contributed by atoms with Crippen molar-refractivity contribution in [3.8, 4) is 22.8 Å². The molecule has 0 aliphatic heterocycles. The van der Waals surface area contributed by atoms with Crippen LogP contribution in [0.15, 0.2) is 53.4 Å². The number of halogens is 1. The second kappa shape index (κ2) is 10.6. The minimum atomic E-state index is -3.68. The normalized spacial score (nSPS) is 11.7. The van der Waals surface area contributed by atoms with Crippen molar-refractivity contribution in [1.82, 2.24) is 14.5 Å². The van der Waals surface area contributed by atoms with E-state index in [0.29, 0.717) is 55.4 Å². The number of nitrogens with zero attached hydrogens (tertiary/aromatic N) is 2. The third-order valence-corrected chi connectivity index (χ3v) is 6.75. The number of aryl methyl sites for hydroxylation is 1. The van der Waals surface area contributed by atoms with E-state index in [0.717, 1.165) is 5.69 Å². The molecule has 0 amide bonds. The summed E-state index contributed by atoms with van der Waals surface area (Å²) in [6.45, 7) is 4.88. The molecule has 3 aromatic rings. The number of ether oxygens (including phenoxy) is 2. The van der Waals surface area contributed by atoms with E-state index in [-0.39, 0.29) is 10.7 Å². The molecule has 0 fully saturated rings. The van der Waals surface area contributed by atoms with Gasteiger partial charge >= 0.3 is 0 Å². The highest BCUT2D eigenvalue weighted by Crippen LogP contribution is 2.31. The van der Waals surface area contributed by atoms with Crippen LogP contribution in [0.2, 0.25) is 0 Å². The summed E-state index contributed by atoms with van der Waals surface area (Å²) in [5.74, 6) is 0.608. The third kappa shape index (κ3) is 5.66. The Morgan fingerprint density at radius 1 is 1.03 bits per heavy atom. The zero-order valence-corrected chi connectivity index (χ0v) is 19.3. The smallest absolute Gasteiger partial charge is 0.242 e. The first-order valence-electron chi connectivity index (χ1n) is 10.5. The van der Waals surface area contributed by atoms with E-state index in [4.69, 9.17) is 9.47 Å². The van der Waals surface area contributed by atoms with Gasteiger partial charge in [0.15, 0.2) is 11.5 Å². The number of hydrogen-bond acceptors (Lipinski definition) is 5. The van der Waals surface area contributed by atoms with Gasteiger partial charge in [-0.1, -0.05) is 12.1 Å². The van der Waals surface area contributed by atoms with Crippen molar-refractivity contribution < 1.29 is 22.3 Å². The van der Waals surface area contributed by atoms with Crippen LogP contribution in [0.3, 0.4) is 0 Å². The quantitative estimate of drug-likeness (QED) is 0.461. The first-order chi connectivity index (χ1) is 15.3. The predicted molar refractivity (Wildman–Crippen MR) is 121 cm³/mol. The summed E-state index contributed by atoms with van der Waals surface area (Å²) >= 11 is 0. The maximum Gasteiger partial charge on any atom is 0.242 e. The molecule has 0 unspecified atom stereocenters. The highest BCUT2D eigenvalue weighted by Gasteiger charge is 2.22. The van der Waals surface area contributed by atoms with Gasteiger partial charge < -0.3 is 9.47 Å². The summed E-state index contributed by atoms with van der Waals surface area (Å²) in [5, 5.41) is 7.16. The monoisotopic (exact) mass is 461 g/mol. The molecule has 0 radical (unpaired) electrons. The maximum absolute atomic E-state index is 13.4. The van der Waals surface area contributed by atoms with Gasteiger partial charge in [-0.3, -0.25) is 5.10 Å². The summed E-state index contributed by atoms with van der Waals surface area (Å²) in [6.07, 6.45) is 1.20. The van der Waals surface area contributed by atoms with Crippen LogP contribution < -0.4 is 9.47 Å². The number of hydrogen-bond donors (Lipinski definition) is 1. The van der Waals surface area contributed by atoms with E-state index < -0.39 is 10.0 Å². The molecule has 0 aliphatic carbocycles. The summed E-state index contributed by atoms with van der Waals surface area (Å²) in [5.41, 5.74) is 2.20. The molecule has 9 heteroatoms. The van der Waals surface area contributed by atoms with Crippen LogP contribution >= 0.6 is 0 Å². The summed E-state index contributed by atoms with van der Waals surface area (Å²) < 4.78 is 51.8. The Hall–Kier alpha value is -2.91. The van der Waals surface area contributed by atoms with Crippen LogP contribution in [0, 0.1) is 5.82 Å². The van der Waals surface area contributed by atoms with Crippen LogP contribution in [-0.2, 0) is 16.4 Å². The number of H-pyrrole nitrogens is 1. The van der Waals surface area contributed by atoms with Crippen molar-refractivity contribution in [2.45, 2.75) is 31.6 Å². The minimum absolute atomic E-state index is 0.154. The van der Waals surface area contributed by atoms with E-state index in [1.807, 2.05) is 19.9 Å². The van der Waals surface area contributed by atoms with Crippen molar-refractivity contribution >= 4 is 10.0 Å². The molecular formula is C23H28FN3O4S. The van der Waals surface area contributed by atoms with Gasteiger partial charge in [0, 0.05) is 30.9 Å². The highest BCUT2D eigenvalue weighted by molar-refractivity contribution is 7.89. The number of sulfonamides is 1. The highest BCUT2D eigenvalue weighted by atomic mass is 32.2. The lowest BCUT2D eigenvalue weighted by atomic mass is 10.1. The SMILES string of the molecule is CCOc1ccc(S(=O)(=O)N(C)CCCc2cc(-c3cccc(F)c3)n[nH]2)cc1OCC. The molecule has 0 saturated heterocycles. The second-order valence-electron chi connectivity index (χ2n) is 7.19. The third-order valence-electron chi connectivity index (χ3n) is 4.89. The van der Waals surface area contributed by atoms with Crippen molar-refractivity contribution in [3.63, 3.8) is 0 Å². The van der Waals surface area contributed by atoms with Gasteiger partial charge in [0.2, 0.25) is 10.0 Å². The molecule has 3 rings (SSSR count). The lowest BCUT2D eigenvalue weighted by Gasteiger charge is -2.18. The fourth-order valence-electron chi connectivity index (χ4n) is 3.27. The largest absolute Gasteiger partial charge is 0.490 e. The Balaban J connectivity index is 1.63. The molecule has 1 aromatic heterocycles. The van der Waals surface area contributed by atoms with Crippen molar-refractivity contribution in [2.75, 3.05) is 26.8 Å². The maximum atomic E-state index is 13.4. The van der Waals surface area contributed by atoms with Crippen molar-refractivity contribution in [3.05, 3.63) is 60.0 Å². The van der Waals surface area contributed by atoms with Crippen LogP contribution in [0.1, 0.15) is 26.0 Å². The zero-order chi connectivity index (χ0) is 23.1. The fraction of sp³-hybridized carbons (Fsp3) is 0.348. The average Bonchev–Trinajstić information content (AvgIpc) is 3.24. The minimum Gasteiger partial charge on any atom is -0.490 e. The zero-order valence-electron chi connectivity index (χ0n) is 18.5. The second-order valence-corrected chi connectivity index (χ2v) is 9.24. The predicted octanol–water partition coefficient (Wildman–Crippen LogP) is 4.27. The standard InChI is InChI=1S/C23H28FN3O4S/c1-4-30-22-12-11-20(16-23(22)31-5-2)32(28,29)27(3)13-7-10-19-15-21(26-25-19)17-8-6-9-18(24)14-17/h6,8-9,11-12,14-16H,4-5,7,10,13H2,1-3H3,(H,25,26). The topological polar surface area (TPSA) is 84.5 Å². The number of nitrogens with one attached hydrogen (secondary N) is 1. The van der Waals surface area contributed by atoms with Crippen LogP contribution in [0.4, 0.5) is 4.39 Å². The van der Waals surface area contributed by atoms with Crippen molar-refractivity contribution in [2.24, 2.45) is 0 Å². The van der Waals surface area contributed by atoms with Gasteiger partial charge in [0.1, 0.15) is 5.82 Å². The molecule has 0 bridgehead atoms. The molecule has 0 aliphatic rings. The van der Waals surface area contributed by atoms with Gasteiger partial charge in [-0.05, 0) is 57.0 Å². The lowest BCUT2D eigenvalue weighted by Crippen LogP contribution is -2.28. The van der Waals surface area contributed by atoms with Crippen LogP contribution in [-0.4, -0.2) is 49.7 Å². The fourth-order valence-corrected chi connectivity index (χ4v) is 4.49. The number of rotatable bonds is 11. The summed E-state index contributed by atoms with van der Waals surface area (Å²) in [7, 11) is -2.13. The van der Waals surface area contributed by atoms with Gasteiger partial charge in [-0.25, -0.2) is 17.1 Å². The molecule has 1 N–H and O–H groups in total. The van der Waals surface area contributed by atoms with Gasteiger partial charge in [-0.15, -0.1) is 0 Å². The Morgan fingerprint density at radius 3 is 2.50 bits per heavy atom. The molecule has 172 valence electrons. The number of aromatic nitrogens is 2. The summed E-state index contributed by atoms with van der Waals surface area (Å²) in [4.78, 5) is 0.154. The molecular weight excluding hydrogens is 433 g/mol. The van der Waals surface area contributed by atoms with Crippen LogP contribution in [0.5, 0.6) is 11.5 Å². The summed E-state index contributed by atoms with van der Waals surface area (Å²) in [6, 6.07) is 12.7. The molecule has 0 spiro atoms. The van der Waals surface area contributed by atoms with Gasteiger partial charge in [-0.2, -0.15) is 5.10 Å². The molecule has 32 heavy (non-hydrogen) atoms. The van der Waals surface area contributed by atoms with Crippen LogP contribution in [0.25, 0.3) is 11.3 Å². The molecule has 2 aromatic carbocycles.